The Kier molecular flexibility index (Phi) is 2.46. The van der Waals surface area contributed by atoms with Crippen molar-refractivity contribution in [1.29, 1.82) is 0 Å². The van der Waals surface area contributed by atoms with Gasteiger partial charge in [0.25, 0.3) is 5.92 Å². The van der Waals surface area contributed by atoms with Gasteiger partial charge in [-0.3, -0.25) is 0 Å². The number of nitrogens with zero attached hydrogens (tertiary/aromatic N) is 2. The molecule has 0 aromatic carbocycles. The molecule has 2 rings (SSSR count). The molecule has 0 bridgehead atoms. The van der Waals surface area contributed by atoms with Gasteiger partial charge in [0, 0.05) is 25.9 Å². The fourth-order valence-electron chi connectivity index (χ4n) is 1.65. The van der Waals surface area contributed by atoms with Gasteiger partial charge in [0.15, 0.2) is 0 Å². The van der Waals surface area contributed by atoms with Crippen LogP contribution in [0.3, 0.4) is 0 Å². The van der Waals surface area contributed by atoms with Crippen molar-refractivity contribution < 1.29 is 8.78 Å². The highest BCUT2D eigenvalue weighted by Crippen LogP contribution is 2.29. The lowest BCUT2D eigenvalue weighted by molar-refractivity contribution is -0.0221. The molecular formula is C10H13F2N3. The molecule has 1 aliphatic rings. The summed E-state index contributed by atoms with van der Waals surface area (Å²) in [6.45, 7) is 0.702. The molecule has 1 aromatic heterocycles. The largest absolute Gasteiger partial charge is 0.397 e. The zero-order chi connectivity index (χ0) is 10.9. The van der Waals surface area contributed by atoms with Gasteiger partial charge in [0.2, 0.25) is 0 Å². The summed E-state index contributed by atoms with van der Waals surface area (Å²) in [4.78, 5) is 5.96. The first-order valence-electron chi connectivity index (χ1n) is 4.91. The number of alkyl halides is 2. The van der Waals surface area contributed by atoms with Gasteiger partial charge in [-0.05, 0) is 12.1 Å². The Morgan fingerprint density at radius 1 is 1.27 bits per heavy atom. The second-order valence-electron chi connectivity index (χ2n) is 3.79. The Hall–Kier alpha value is -1.39. The van der Waals surface area contributed by atoms with E-state index in [1.165, 1.54) is 0 Å². The number of aromatic nitrogens is 1. The van der Waals surface area contributed by atoms with E-state index in [0.717, 1.165) is 5.82 Å². The van der Waals surface area contributed by atoms with Crippen LogP contribution >= 0.6 is 0 Å². The fraction of sp³-hybridized carbons (Fsp3) is 0.500. The summed E-state index contributed by atoms with van der Waals surface area (Å²) >= 11 is 0. The first-order valence-corrected chi connectivity index (χ1v) is 4.91. The Bertz CT molecular complexity index is 327. The summed E-state index contributed by atoms with van der Waals surface area (Å²) in [6, 6.07) is 3.49. The van der Waals surface area contributed by atoms with Crippen LogP contribution in [0, 0.1) is 0 Å². The number of pyridine rings is 1. The number of nitrogen functional groups attached to an aromatic ring is 1. The van der Waals surface area contributed by atoms with Gasteiger partial charge in [-0.15, -0.1) is 0 Å². The fourth-order valence-corrected chi connectivity index (χ4v) is 1.65. The van der Waals surface area contributed by atoms with Gasteiger partial charge in [0.05, 0.1) is 11.9 Å². The summed E-state index contributed by atoms with van der Waals surface area (Å²) in [5, 5.41) is 0. The van der Waals surface area contributed by atoms with E-state index in [1.54, 1.807) is 18.3 Å². The molecule has 2 N–H and O–H groups in total. The highest BCUT2D eigenvalue weighted by Gasteiger charge is 2.34. The van der Waals surface area contributed by atoms with Gasteiger partial charge < -0.3 is 10.6 Å². The first-order chi connectivity index (χ1) is 7.07. The summed E-state index contributed by atoms with van der Waals surface area (Å²) < 4.78 is 25.8. The van der Waals surface area contributed by atoms with Crippen LogP contribution in [0.2, 0.25) is 0 Å². The molecule has 0 saturated carbocycles. The maximum absolute atomic E-state index is 12.9. The average Bonchev–Trinajstić information content (AvgIpc) is 2.20. The van der Waals surface area contributed by atoms with Crippen molar-refractivity contribution in [3.63, 3.8) is 0 Å². The van der Waals surface area contributed by atoms with Crippen molar-refractivity contribution in [3.05, 3.63) is 18.3 Å². The van der Waals surface area contributed by atoms with Gasteiger partial charge in [-0.1, -0.05) is 0 Å². The normalized spacial score (nSPS) is 20.3. The number of hydrogen-bond donors (Lipinski definition) is 1. The van der Waals surface area contributed by atoms with Gasteiger partial charge in [-0.25, -0.2) is 13.8 Å². The van der Waals surface area contributed by atoms with E-state index in [-0.39, 0.29) is 12.8 Å². The maximum Gasteiger partial charge on any atom is 0.251 e. The lowest BCUT2D eigenvalue weighted by Gasteiger charge is -2.32. The molecule has 0 aliphatic carbocycles. The second-order valence-corrected chi connectivity index (χ2v) is 3.79. The Morgan fingerprint density at radius 2 is 1.93 bits per heavy atom. The third-order valence-corrected chi connectivity index (χ3v) is 2.59. The molecule has 3 nitrogen and oxygen atoms in total. The minimum atomic E-state index is -2.51. The molecule has 2 heterocycles. The van der Waals surface area contributed by atoms with Crippen LogP contribution in [0.1, 0.15) is 12.8 Å². The minimum absolute atomic E-state index is 0.0982. The molecule has 82 valence electrons. The van der Waals surface area contributed by atoms with E-state index in [1.807, 2.05) is 4.90 Å². The van der Waals surface area contributed by atoms with Crippen LogP contribution in [-0.4, -0.2) is 24.0 Å². The summed E-state index contributed by atoms with van der Waals surface area (Å²) in [5.74, 6) is -1.79. The van der Waals surface area contributed by atoms with Crippen LogP contribution in [0.4, 0.5) is 20.3 Å². The molecule has 0 radical (unpaired) electrons. The average molecular weight is 213 g/mol. The predicted octanol–water partition coefficient (Wildman–Crippen LogP) is 1.90. The molecule has 1 fully saturated rings. The SMILES string of the molecule is Nc1ccc(N2CCC(F)(F)CC2)nc1. The van der Waals surface area contributed by atoms with Gasteiger partial charge in [-0.2, -0.15) is 0 Å². The number of piperidine rings is 1. The number of anilines is 2. The van der Waals surface area contributed by atoms with Crippen molar-refractivity contribution in [3.8, 4) is 0 Å². The van der Waals surface area contributed by atoms with E-state index in [2.05, 4.69) is 4.98 Å². The van der Waals surface area contributed by atoms with E-state index in [4.69, 9.17) is 5.73 Å². The summed E-state index contributed by atoms with van der Waals surface area (Å²) in [5.41, 5.74) is 6.08. The van der Waals surface area contributed by atoms with Crippen molar-refractivity contribution >= 4 is 11.5 Å². The first kappa shape index (κ1) is 10.1. The lowest BCUT2D eigenvalue weighted by Crippen LogP contribution is -2.39. The van der Waals surface area contributed by atoms with E-state index < -0.39 is 5.92 Å². The second kappa shape index (κ2) is 3.64. The van der Waals surface area contributed by atoms with Crippen molar-refractivity contribution in [2.75, 3.05) is 23.7 Å². The standard InChI is InChI=1S/C10H13F2N3/c11-10(12)3-5-15(6-4-10)9-2-1-8(13)7-14-9/h1-2,7H,3-6,13H2. The Morgan fingerprint density at radius 3 is 2.47 bits per heavy atom. The number of halogens is 2. The third-order valence-electron chi connectivity index (χ3n) is 2.59. The van der Waals surface area contributed by atoms with Gasteiger partial charge in [0.1, 0.15) is 5.82 Å². The highest BCUT2D eigenvalue weighted by molar-refractivity contribution is 5.46. The Balaban J connectivity index is 2.04. The van der Waals surface area contributed by atoms with Crippen molar-refractivity contribution in [2.24, 2.45) is 0 Å². The van der Waals surface area contributed by atoms with Crippen LogP contribution in [0.5, 0.6) is 0 Å². The molecule has 1 aliphatic heterocycles. The molecule has 15 heavy (non-hydrogen) atoms. The smallest absolute Gasteiger partial charge is 0.251 e. The molecular weight excluding hydrogens is 200 g/mol. The molecule has 5 heteroatoms. The zero-order valence-electron chi connectivity index (χ0n) is 8.29. The Labute approximate surface area is 86.9 Å². The number of rotatable bonds is 1. The zero-order valence-corrected chi connectivity index (χ0v) is 8.29. The lowest BCUT2D eigenvalue weighted by atomic mass is 10.1. The molecule has 0 spiro atoms. The predicted molar refractivity (Wildman–Crippen MR) is 55.0 cm³/mol. The maximum atomic E-state index is 12.9. The minimum Gasteiger partial charge on any atom is -0.397 e. The molecule has 0 amide bonds. The molecule has 1 aromatic rings. The topological polar surface area (TPSA) is 42.1 Å². The van der Waals surface area contributed by atoms with Crippen LogP contribution in [-0.2, 0) is 0 Å². The third kappa shape index (κ3) is 2.34. The molecule has 0 atom stereocenters. The highest BCUT2D eigenvalue weighted by atomic mass is 19.3. The van der Waals surface area contributed by atoms with Crippen molar-refractivity contribution in [1.82, 2.24) is 4.98 Å². The van der Waals surface area contributed by atoms with E-state index in [0.29, 0.717) is 18.8 Å². The monoisotopic (exact) mass is 213 g/mol. The van der Waals surface area contributed by atoms with Crippen LogP contribution in [0.15, 0.2) is 18.3 Å². The summed E-state index contributed by atoms with van der Waals surface area (Å²) in [6.07, 6.45) is 1.35. The summed E-state index contributed by atoms with van der Waals surface area (Å²) in [7, 11) is 0. The van der Waals surface area contributed by atoms with E-state index in [9.17, 15) is 8.78 Å². The van der Waals surface area contributed by atoms with Crippen LogP contribution < -0.4 is 10.6 Å². The number of nitrogens with two attached hydrogens (primary N) is 1. The van der Waals surface area contributed by atoms with Crippen LogP contribution in [0.25, 0.3) is 0 Å². The quantitative estimate of drug-likeness (QED) is 0.774. The van der Waals surface area contributed by atoms with Crippen molar-refractivity contribution in [2.45, 2.75) is 18.8 Å². The van der Waals surface area contributed by atoms with Gasteiger partial charge >= 0.3 is 0 Å². The molecule has 0 unspecified atom stereocenters. The van der Waals surface area contributed by atoms with E-state index >= 15 is 0 Å². The number of hydrogen-bond acceptors (Lipinski definition) is 3. The molecule has 1 saturated heterocycles.